The molecule has 2 saturated heterocycles. The van der Waals surface area contributed by atoms with E-state index in [1.807, 2.05) is 0 Å². The standard InChI is InChI=1S/C21H36FN3O2/c1-11-4-7-15(22)14-10-16(24-18(11)14)21(26)25-20(13-5-6-13)19-12(2)17(27-3)8-9-23-19/h11-20,23-24H,4-10H2,1-3H3,(H,25,26). The Labute approximate surface area is 162 Å². The Morgan fingerprint density at radius 2 is 1.96 bits per heavy atom. The molecule has 0 aromatic carbocycles. The number of halogens is 1. The van der Waals surface area contributed by atoms with Gasteiger partial charge in [0, 0.05) is 31.2 Å². The Morgan fingerprint density at radius 1 is 1.19 bits per heavy atom. The summed E-state index contributed by atoms with van der Waals surface area (Å²) in [5.41, 5.74) is 0. The number of amides is 1. The molecular formula is C21H36FN3O2. The van der Waals surface area contributed by atoms with Crippen LogP contribution in [0.4, 0.5) is 4.39 Å². The molecule has 27 heavy (non-hydrogen) atoms. The Bertz CT molecular complexity index is 526. The number of methoxy groups -OCH3 is 1. The minimum Gasteiger partial charge on any atom is -0.381 e. The summed E-state index contributed by atoms with van der Waals surface area (Å²) in [5, 5.41) is 10.5. The van der Waals surface area contributed by atoms with E-state index in [2.05, 4.69) is 29.8 Å². The molecule has 0 aromatic rings. The largest absolute Gasteiger partial charge is 0.381 e. The van der Waals surface area contributed by atoms with E-state index >= 15 is 0 Å². The van der Waals surface area contributed by atoms with Gasteiger partial charge in [-0.1, -0.05) is 13.8 Å². The normalized spacial score (nSPS) is 45.9. The second-order valence-corrected chi connectivity index (χ2v) is 9.49. The molecule has 2 aliphatic carbocycles. The lowest BCUT2D eigenvalue weighted by atomic mass is 9.77. The number of hydrogen-bond donors (Lipinski definition) is 3. The third-order valence-electron chi connectivity index (χ3n) is 7.74. The van der Waals surface area contributed by atoms with Gasteiger partial charge in [0.05, 0.1) is 12.1 Å². The predicted molar refractivity (Wildman–Crippen MR) is 103 cm³/mol. The van der Waals surface area contributed by atoms with Crippen molar-refractivity contribution >= 4 is 5.91 Å². The zero-order chi connectivity index (χ0) is 19.1. The fourth-order valence-corrected chi connectivity index (χ4v) is 5.88. The van der Waals surface area contributed by atoms with Crippen LogP contribution >= 0.6 is 0 Å². The van der Waals surface area contributed by atoms with Crippen molar-refractivity contribution in [3.05, 3.63) is 0 Å². The first-order chi connectivity index (χ1) is 13.0. The van der Waals surface area contributed by atoms with Crippen molar-refractivity contribution in [3.63, 3.8) is 0 Å². The average molecular weight is 382 g/mol. The van der Waals surface area contributed by atoms with Gasteiger partial charge in [-0.25, -0.2) is 4.39 Å². The van der Waals surface area contributed by atoms with Crippen LogP contribution in [0.5, 0.6) is 0 Å². The molecule has 6 heteroatoms. The quantitative estimate of drug-likeness (QED) is 0.682. The van der Waals surface area contributed by atoms with E-state index in [9.17, 15) is 9.18 Å². The fourth-order valence-electron chi connectivity index (χ4n) is 5.88. The maximum Gasteiger partial charge on any atom is 0.237 e. The zero-order valence-corrected chi connectivity index (χ0v) is 16.9. The van der Waals surface area contributed by atoms with E-state index < -0.39 is 6.17 Å². The van der Waals surface area contributed by atoms with Gasteiger partial charge >= 0.3 is 0 Å². The summed E-state index contributed by atoms with van der Waals surface area (Å²) in [6.07, 6.45) is 5.05. The second-order valence-electron chi connectivity index (χ2n) is 9.49. The van der Waals surface area contributed by atoms with Crippen molar-refractivity contribution < 1.29 is 13.9 Å². The molecule has 2 aliphatic heterocycles. The molecule has 2 saturated carbocycles. The summed E-state index contributed by atoms with van der Waals surface area (Å²) in [4.78, 5) is 13.1. The highest BCUT2D eigenvalue weighted by atomic mass is 19.1. The van der Waals surface area contributed by atoms with E-state index in [0.717, 1.165) is 19.4 Å². The van der Waals surface area contributed by atoms with Gasteiger partial charge in [-0.3, -0.25) is 4.79 Å². The van der Waals surface area contributed by atoms with E-state index in [4.69, 9.17) is 4.74 Å². The van der Waals surface area contributed by atoms with Gasteiger partial charge in [0.15, 0.2) is 0 Å². The van der Waals surface area contributed by atoms with Crippen molar-refractivity contribution in [1.29, 1.82) is 0 Å². The van der Waals surface area contributed by atoms with Crippen LogP contribution in [0.2, 0.25) is 0 Å². The molecule has 4 fully saturated rings. The molecule has 2 heterocycles. The van der Waals surface area contributed by atoms with E-state index in [0.29, 0.717) is 30.6 Å². The Morgan fingerprint density at radius 3 is 2.63 bits per heavy atom. The first kappa shape index (κ1) is 19.6. The molecular weight excluding hydrogens is 345 g/mol. The monoisotopic (exact) mass is 381 g/mol. The maximum atomic E-state index is 14.4. The molecule has 4 rings (SSSR count). The molecule has 9 unspecified atom stereocenters. The lowest BCUT2D eigenvalue weighted by Crippen LogP contribution is -2.61. The van der Waals surface area contributed by atoms with Crippen LogP contribution in [0.25, 0.3) is 0 Å². The molecule has 5 nitrogen and oxygen atoms in total. The van der Waals surface area contributed by atoms with Gasteiger partial charge in [0.2, 0.25) is 5.91 Å². The van der Waals surface area contributed by atoms with Crippen molar-refractivity contribution in [1.82, 2.24) is 16.0 Å². The second kappa shape index (κ2) is 7.96. The summed E-state index contributed by atoms with van der Waals surface area (Å²) in [6.45, 7) is 5.34. The number of ether oxygens (including phenoxy) is 1. The average Bonchev–Trinajstić information content (AvgIpc) is 3.40. The van der Waals surface area contributed by atoms with Crippen molar-refractivity contribution in [2.75, 3.05) is 13.7 Å². The lowest BCUT2D eigenvalue weighted by molar-refractivity contribution is -0.124. The number of carbonyl (C=O) groups excluding carboxylic acids is 1. The lowest BCUT2D eigenvalue weighted by Gasteiger charge is -2.41. The number of alkyl halides is 1. The molecule has 9 atom stereocenters. The van der Waals surface area contributed by atoms with Crippen LogP contribution in [0.3, 0.4) is 0 Å². The first-order valence-electron chi connectivity index (χ1n) is 11.0. The van der Waals surface area contributed by atoms with E-state index in [1.165, 1.54) is 12.8 Å². The SMILES string of the molecule is COC1CCNC(C(NC(=O)C2CC3C(F)CCC(C)C3N2)C2CC2)C1C. The maximum absolute atomic E-state index is 14.4. The molecule has 3 N–H and O–H groups in total. The van der Waals surface area contributed by atoms with Crippen LogP contribution < -0.4 is 16.0 Å². The molecule has 1 amide bonds. The molecule has 0 bridgehead atoms. The number of piperidine rings is 1. The number of nitrogens with one attached hydrogen (secondary N) is 3. The van der Waals surface area contributed by atoms with E-state index in [1.54, 1.807) is 7.11 Å². The molecule has 0 aromatic heterocycles. The van der Waals surface area contributed by atoms with Crippen molar-refractivity contribution in [2.45, 2.75) is 88.8 Å². The summed E-state index contributed by atoms with van der Waals surface area (Å²) >= 11 is 0. The molecule has 0 radical (unpaired) electrons. The van der Waals surface area contributed by atoms with Crippen LogP contribution in [0, 0.1) is 23.7 Å². The highest BCUT2D eigenvalue weighted by Gasteiger charge is 2.48. The van der Waals surface area contributed by atoms with Crippen LogP contribution in [-0.4, -0.2) is 56.0 Å². The van der Waals surface area contributed by atoms with Gasteiger partial charge in [0.1, 0.15) is 6.17 Å². The van der Waals surface area contributed by atoms with Gasteiger partial charge in [-0.2, -0.15) is 0 Å². The van der Waals surface area contributed by atoms with Gasteiger partial charge < -0.3 is 20.7 Å². The predicted octanol–water partition coefficient (Wildman–Crippen LogP) is 2.01. The summed E-state index contributed by atoms with van der Waals surface area (Å²) < 4.78 is 20.0. The zero-order valence-electron chi connectivity index (χ0n) is 16.9. The third-order valence-corrected chi connectivity index (χ3v) is 7.74. The minimum atomic E-state index is -0.766. The van der Waals surface area contributed by atoms with Gasteiger partial charge in [-0.05, 0) is 62.8 Å². The number of rotatable bonds is 5. The van der Waals surface area contributed by atoms with Crippen LogP contribution in [-0.2, 0) is 9.53 Å². The van der Waals surface area contributed by atoms with Crippen molar-refractivity contribution in [3.8, 4) is 0 Å². The Hall–Kier alpha value is -0.720. The number of fused-ring (bicyclic) bond motifs is 1. The van der Waals surface area contributed by atoms with Gasteiger partial charge in [-0.15, -0.1) is 0 Å². The first-order valence-corrected chi connectivity index (χ1v) is 11.0. The smallest absolute Gasteiger partial charge is 0.237 e. The Balaban J connectivity index is 1.41. The third kappa shape index (κ3) is 3.90. The van der Waals surface area contributed by atoms with Crippen LogP contribution in [0.1, 0.15) is 52.4 Å². The van der Waals surface area contributed by atoms with Crippen LogP contribution in [0.15, 0.2) is 0 Å². The molecule has 0 spiro atoms. The molecule has 154 valence electrons. The summed E-state index contributed by atoms with van der Waals surface area (Å²) in [7, 11) is 1.78. The van der Waals surface area contributed by atoms with E-state index in [-0.39, 0.29) is 42.1 Å². The summed E-state index contributed by atoms with van der Waals surface area (Å²) in [5.74, 6) is 1.43. The molecule has 4 aliphatic rings. The van der Waals surface area contributed by atoms with Crippen molar-refractivity contribution in [2.24, 2.45) is 23.7 Å². The highest BCUT2D eigenvalue weighted by molar-refractivity contribution is 5.82. The minimum absolute atomic E-state index is 0.00604. The van der Waals surface area contributed by atoms with Gasteiger partial charge in [0.25, 0.3) is 0 Å². The number of carbonyl (C=O) groups is 1. The topological polar surface area (TPSA) is 62.4 Å². The fraction of sp³-hybridized carbons (Fsp3) is 0.952. The Kier molecular flexibility index (Phi) is 5.77. The number of hydrogen-bond acceptors (Lipinski definition) is 4. The summed E-state index contributed by atoms with van der Waals surface area (Å²) in [6, 6.07) is 0.288. The highest BCUT2D eigenvalue weighted by Crippen LogP contribution is 2.40.